The van der Waals surface area contributed by atoms with Crippen molar-refractivity contribution in [3.63, 3.8) is 0 Å². The summed E-state index contributed by atoms with van der Waals surface area (Å²) < 4.78 is 0. The second-order valence-electron chi connectivity index (χ2n) is 5.65. The van der Waals surface area contributed by atoms with Crippen LogP contribution >= 0.6 is 0 Å². The van der Waals surface area contributed by atoms with Gasteiger partial charge >= 0.3 is 0 Å². The molecular weight excluding hydrogens is 238 g/mol. The molecule has 1 aliphatic heterocycles. The molecule has 1 saturated heterocycles. The van der Waals surface area contributed by atoms with Gasteiger partial charge in [-0.15, -0.1) is 0 Å². The highest BCUT2D eigenvalue weighted by molar-refractivity contribution is 5.97. The smallest absolute Gasteiger partial charge is 0.176 e. The lowest BCUT2D eigenvalue weighted by atomic mass is 9.98. The van der Waals surface area contributed by atoms with Crippen LogP contribution in [-0.4, -0.2) is 42.0 Å². The topological polar surface area (TPSA) is 40.5 Å². The van der Waals surface area contributed by atoms with Gasteiger partial charge in [-0.2, -0.15) is 0 Å². The Morgan fingerprint density at radius 2 is 2.16 bits per heavy atom. The zero-order chi connectivity index (χ0) is 13.8. The lowest BCUT2D eigenvalue weighted by Crippen LogP contribution is -2.39. The minimum Gasteiger partial charge on any atom is -0.396 e. The van der Waals surface area contributed by atoms with Crippen LogP contribution in [0.2, 0.25) is 0 Å². The molecule has 1 N–H and O–H groups in total. The van der Waals surface area contributed by atoms with E-state index in [1.54, 1.807) is 0 Å². The van der Waals surface area contributed by atoms with Crippen LogP contribution in [-0.2, 0) is 0 Å². The highest BCUT2D eigenvalue weighted by atomic mass is 16.3. The number of aliphatic hydroxyl groups excluding tert-OH is 1. The Balaban J connectivity index is 1.98. The Hall–Kier alpha value is -1.19. The van der Waals surface area contributed by atoms with Crippen LogP contribution in [0, 0.1) is 19.8 Å². The summed E-state index contributed by atoms with van der Waals surface area (Å²) in [4.78, 5) is 14.4. The van der Waals surface area contributed by atoms with Gasteiger partial charge in [0.25, 0.3) is 0 Å². The number of carbonyl (C=O) groups excluding carboxylic acids is 1. The Labute approximate surface area is 115 Å². The molecule has 0 aliphatic carbocycles. The van der Waals surface area contributed by atoms with E-state index in [4.69, 9.17) is 0 Å². The maximum atomic E-state index is 12.3. The van der Waals surface area contributed by atoms with Gasteiger partial charge in [0.05, 0.1) is 6.54 Å². The molecule has 104 valence electrons. The number of rotatable bonds is 4. The van der Waals surface area contributed by atoms with Gasteiger partial charge in [-0.1, -0.05) is 12.1 Å². The number of benzene rings is 1. The summed E-state index contributed by atoms with van der Waals surface area (Å²) in [6.07, 6.45) is 2.15. The van der Waals surface area contributed by atoms with Crippen LogP contribution < -0.4 is 0 Å². The minimum absolute atomic E-state index is 0.182. The molecule has 1 aromatic carbocycles. The molecule has 0 radical (unpaired) electrons. The third-order valence-corrected chi connectivity index (χ3v) is 4.06. The summed E-state index contributed by atoms with van der Waals surface area (Å²) in [5, 5.41) is 9.22. The van der Waals surface area contributed by atoms with Gasteiger partial charge in [0, 0.05) is 18.7 Å². The molecule has 1 aromatic rings. The van der Waals surface area contributed by atoms with E-state index in [9.17, 15) is 9.90 Å². The summed E-state index contributed by atoms with van der Waals surface area (Å²) in [7, 11) is 0. The summed E-state index contributed by atoms with van der Waals surface area (Å²) in [5.74, 6) is 0.517. The number of aliphatic hydroxyl groups is 1. The van der Waals surface area contributed by atoms with E-state index in [1.165, 1.54) is 5.56 Å². The minimum atomic E-state index is 0.182. The normalized spacial score (nSPS) is 20.5. The van der Waals surface area contributed by atoms with Crippen molar-refractivity contribution in [1.29, 1.82) is 0 Å². The highest BCUT2D eigenvalue weighted by Gasteiger charge is 2.21. The molecule has 1 aliphatic rings. The fourth-order valence-electron chi connectivity index (χ4n) is 2.65. The Kier molecular flexibility index (Phi) is 4.72. The van der Waals surface area contributed by atoms with Crippen molar-refractivity contribution in [1.82, 2.24) is 4.90 Å². The molecule has 0 saturated carbocycles. The molecule has 1 heterocycles. The average molecular weight is 261 g/mol. The molecule has 0 aromatic heterocycles. The van der Waals surface area contributed by atoms with E-state index in [2.05, 4.69) is 11.8 Å². The van der Waals surface area contributed by atoms with E-state index in [-0.39, 0.29) is 12.4 Å². The zero-order valence-corrected chi connectivity index (χ0v) is 11.9. The first-order valence-electron chi connectivity index (χ1n) is 7.04. The summed E-state index contributed by atoms with van der Waals surface area (Å²) in [6, 6.07) is 5.90. The number of aryl methyl sites for hydroxylation is 2. The fraction of sp³-hybridized carbons (Fsp3) is 0.562. The van der Waals surface area contributed by atoms with Gasteiger partial charge in [-0.05, 0) is 56.3 Å². The number of hydrogen-bond acceptors (Lipinski definition) is 3. The van der Waals surface area contributed by atoms with Crippen molar-refractivity contribution in [2.24, 2.45) is 5.92 Å². The maximum Gasteiger partial charge on any atom is 0.176 e. The second-order valence-corrected chi connectivity index (χ2v) is 5.65. The van der Waals surface area contributed by atoms with Gasteiger partial charge in [-0.25, -0.2) is 0 Å². The van der Waals surface area contributed by atoms with Crippen molar-refractivity contribution >= 4 is 5.78 Å². The van der Waals surface area contributed by atoms with Gasteiger partial charge in [0.1, 0.15) is 0 Å². The summed E-state index contributed by atoms with van der Waals surface area (Å²) in [5.41, 5.74) is 3.18. The molecule has 1 unspecified atom stereocenters. The first-order valence-corrected chi connectivity index (χ1v) is 7.04. The monoisotopic (exact) mass is 261 g/mol. The molecule has 3 nitrogen and oxygen atoms in total. The number of likely N-dealkylation sites (tertiary alicyclic amines) is 1. The Morgan fingerprint density at radius 3 is 2.84 bits per heavy atom. The molecule has 19 heavy (non-hydrogen) atoms. The van der Waals surface area contributed by atoms with E-state index in [0.29, 0.717) is 12.5 Å². The fourth-order valence-corrected chi connectivity index (χ4v) is 2.65. The SMILES string of the molecule is Cc1ccc(C(=O)CN2CCCC(CO)C2)cc1C. The van der Waals surface area contributed by atoms with Crippen LogP contribution in [0.4, 0.5) is 0 Å². The van der Waals surface area contributed by atoms with Gasteiger partial charge in [0.15, 0.2) is 5.78 Å². The van der Waals surface area contributed by atoms with E-state index >= 15 is 0 Å². The first-order chi connectivity index (χ1) is 9.10. The molecule has 0 amide bonds. The number of ketones is 1. The van der Waals surface area contributed by atoms with Crippen molar-refractivity contribution in [2.75, 3.05) is 26.2 Å². The van der Waals surface area contributed by atoms with Crippen molar-refractivity contribution < 1.29 is 9.90 Å². The lowest BCUT2D eigenvalue weighted by Gasteiger charge is -2.31. The molecular formula is C16H23NO2. The molecule has 3 heteroatoms. The number of piperidine rings is 1. The maximum absolute atomic E-state index is 12.3. The van der Waals surface area contributed by atoms with E-state index in [1.807, 2.05) is 25.1 Å². The van der Waals surface area contributed by atoms with E-state index in [0.717, 1.165) is 37.1 Å². The van der Waals surface area contributed by atoms with Gasteiger partial charge < -0.3 is 5.11 Å². The van der Waals surface area contributed by atoms with Crippen LogP contribution in [0.25, 0.3) is 0 Å². The van der Waals surface area contributed by atoms with Crippen molar-refractivity contribution in [3.05, 3.63) is 34.9 Å². The van der Waals surface area contributed by atoms with Gasteiger partial charge in [0.2, 0.25) is 0 Å². The van der Waals surface area contributed by atoms with Crippen molar-refractivity contribution in [3.8, 4) is 0 Å². The quantitative estimate of drug-likeness (QED) is 0.845. The third kappa shape index (κ3) is 3.64. The number of Topliss-reactive ketones (excluding diaryl/α,β-unsaturated/α-hetero) is 1. The summed E-state index contributed by atoms with van der Waals surface area (Å²) >= 11 is 0. The van der Waals surface area contributed by atoms with Crippen LogP contribution in [0.15, 0.2) is 18.2 Å². The number of carbonyl (C=O) groups is 1. The molecule has 0 spiro atoms. The second kappa shape index (κ2) is 6.31. The van der Waals surface area contributed by atoms with Crippen molar-refractivity contribution in [2.45, 2.75) is 26.7 Å². The average Bonchev–Trinajstić information content (AvgIpc) is 2.42. The number of hydrogen-bond donors (Lipinski definition) is 1. The zero-order valence-electron chi connectivity index (χ0n) is 11.9. The van der Waals surface area contributed by atoms with Crippen LogP contribution in [0.1, 0.15) is 34.3 Å². The predicted octanol–water partition coefficient (Wildman–Crippen LogP) is 2.19. The molecule has 1 atom stereocenters. The standard InChI is InChI=1S/C16H23NO2/c1-12-5-6-15(8-13(12)2)16(19)10-17-7-3-4-14(9-17)11-18/h5-6,8,14,18H,3-4,7,9-11H2,1-2H3. The van der Waals surface area contributed by atoms with Gasteiger partial charge in [-0.3, -0.25) is 9.69 Å². The summed E-state index contributed by atoms with van der Waals surface area (Å²) in [6.45, 7) is 6.60. The predicted molar refractivity (Wildman–Crippen MR) is 76.5 cm³/mol. The third-order valence-electron chi connectivity index (χ3n) is 4.06. The van der Waals surface area contributed by atoms with Crippen LogP contribution in [0.5, 0.6) is 0 Å². The first kappa shape index (κ1) is 14.2. The largest absolute Gasteiger partial charge is 0.396 e. The van der Waals surface area contributed by atoms with Crippen LogP contribution in [0.3, 0.4) is 0 Å². The number of nitrogens with zero attached hydrogens (tertiary/aromatic N) is 1. The molecule has 0 bridgehead atoms. The van der Waals surface area contributed by atoms with E-state index < -0.39 is 0 Å². The molecule has 1 fully saturated rings. The lowest BCUT2D eigenvalue weighted by molar-refractivity contribution is 0.0833. The molecule has 2 rings (SSSR count). The Morgan fingerprint density at radius 1 is 1.37 bits per heavy atom. The Bertz CT molecular complexity index is 456. The highest BCUT2D eigenvalue weighted by Crippen LogP contribution is 2.17.